The van der Waals surface area contributed by atoms with Crippen LogP contribution in [-0.2, 0) is 9.47 Å². The largest absolute Gasteiger partial charge is 0.453 e. The molecule has 0 unspecified atom stereocenters. The Morgan fingerprint density at radius 3 is 2.59 bits per heavy atom. The highest BCUT2D eigenvalue weighted by atomic mass is 19.1. The van der Waals surface area contributed by atoms with Gasteiger partial charge in [0.05, 0.1) is 35.5 Å². The van der Waals surface area contributed by atoms with E-state index in [1.165, 1.54) is 23.0 Å². The van der Waals surface area contributed by atoms with Crippen molar-refractivity contribution in [1.29, 1.82) is 5.26 Å². The number of amides is 1. The van der Waals surface area contributed by atoms with E-state index in [4.69, 9.17) is 14.2 Å². The van der Waals surface area contributed by atoms with Crippen molar-refractivity contribution in [3.05, 3.63) is 64.2 Å². The van der Waals surface area contributed by atoms with E-state index in [1.54, 1.807) is 17.0 Å². The van der Waals surface area contributed by atoms with E-state index in [0.717, 1.165) is 12.1 Å². The molecule has 5 rings (SSSR count). The Morgan fingerprint density at radius 1 is 1.18 bits per heavy atom. The quantitative estimate of drug-likeness (QED) is 0.458. The van der Waals surface area contributed by atoms with Gasteiger partial charge in [0.25, 0.3) is 5.56 Å². The Kier molecular flexibility index (Phi) is 6.76. The van der Waals surface area contributed by atoms with Crippen molar-refractivity contribution in [1.82, 2.24) is 14.5 Å². The van der Waals surface area contributed by atoms with Gasteiger partial charge in [-0.3, -0.25) is 9.36 Å². The summed E-state index contributed by atoms with van der Waals surface area (Å²) in [6, 6.07) is 7.47. The lowest BCUT2D eigenvalue weighted by Gasteiger charge is -2.39. The van der Waals surface area contributed by atoms with Crippen LogP contribution in [0.1, 0.15) is 51.6 Å². The van der Waals surface area contributed by atoms with Gasteiger partial charge in [0.15, 0.2) is 11.6 Å². The first-order valence-corrected chi connectivity index (χ1v) is 12.7. The molecule has 0 bridgehead atoms. The smallest absolute Gasteiger partial charge is 0.410 e. The van der Waals surface area contributed by atoms with Crippen molar-refractivity contribution >= 4 is 17.0 Å². The van der Waals surface area contributed by atoms with Crippen molar-refractivity contribution < 1.29 is 27.8 Å². The third-order valence-electron chi connectivity index (χ3n) is 7.05. The molecule has 3 heterocycles. The molecule has 1 atom stereocenters. The van der Waals surface area contributed by atoms with Crippen molar-refractivity contribution in [3.63, 3.8) is 0 Å². The topological polar surface area (TPSA) is 107 Å². The number of nitriles is 1. The van der Waals surface area contributed by atoms with E-state index >= 15 is 0 Å². The van der Waals surface area contributed by atoms with Crippen molar-refractivity contribution in [2.75, 3.05) is 19.7 Å². The Labute approximate surface area is 223 Å². The zero-order valence-corrected chi connectivity index (χ0v) is 21.9. The number of piperidine rings is 1. The molecule has 1 spiro atoms. The predicted molar refractivity (Wildman–Crippen MR) is 137 cm³/mol. The molecule has 2 aliphatic heterocycles. The minimum absolute atomic E-state index is 0.0637. The number of ether oxygens (including phenoxy) is 3. The minimum Gasteiger partial charge on any atom is -0.453 e. The minimum atomic E-state index is -0.911. The second-order valence-corrected chi connectivity index (χ2v) is 10.9. The zero-order chi connectivity index (χ0) is 27.9. The summed E-state index contributed by atoms with van der Waals surface area (Å²) < 4.78 is 47.0. The first-order chi connectivity index (χ1) is 18.5. The maximum absolute atomic E-state index is 14.3. The average Bonchev–Trinajstić information content (AvgIpc) is 3.29. The van der Waals surface area contributed by atoms with Gasteiger partial charge in [-0.25, -0.2) is 18.6 Å². The average molecular weight is 539 g/mol. The predicted octanol–water partition coefficient (Wildman–Crippen LogP) is 5.07. The summed E-state index contributed by atoms with van der Waals surface area (Å²) in [6.07, 6.45) is 2.96. The van der Waals surface area contributed by atoms with Crippen LogP contribution in [0, 0.1) is 23.0 Å². The van der Waals surface area contributed by atoms with Gasteiger partial charge in [0.2, 0.25) is 0 Å². The molecule has 3 aromatic rings. The van der Waals surface area contributed by atoms with Crippen LogP contribution in [0.25, 0.3) is 10.9 Å². The molecule has 0 saturated carbocycles. The number of likely N-dealkylation sites (tertiary alicyclic amines) is 1. The first-order valence-electron chi connectivity index (χ1n) is 12.7. The molecule has 2 aromatic carbocycles. The number of aromatic nitrogens is 2. The Bertz CT molecular complexity index is 1530. The highest BCUT2D eigenvalue weighted by molar-refractivity contribution is 5.79. The van der Waals surface area contributed by atoms with Gasteiger partial charge in [-0.05, 0) is 70.4 Å². The normalized spacial score (nSPS) is 18.8. The summed E-state index contributed by atoms with van der Waals surface area (Å²) in [6.45, 7) is 6.79. The number of carbonyl (C=O) groups is 1. The molecule has 0 radical (unpaired) electrons. The zero-order valence-electron chi connectivity index (χ0n) is 21.9. The first kappa shape index (κ1) is 26.6. The third kappa shape index (κ3) is 5.29. The van der Waals surface area contributed by atoms with E-state index in [9.17, 15) is 23.6 Å². The standard InChI is InChI=1S/C28H28F2N4O5/c1-27(2,3)39-26(36)33-10-8-28(9-11-33)13-17(15-37-28)34-16-32-23-7-4-18(12-19(23)25(34)35)38-24-20(14-31)21(29)5-6-22(24)30/h4-7,12,16-17H,8-11,13,15H2,1-3H3/t17-/m0/s1. The summed E-state index contributed by atoms with van der Waals surface area (Å²) in [5, 5.41) is 9.46. The number of rotatable bonds is 3. The fraction of sp³-hybridized carbons (Fsp3) is 0.429. The Balaban J connectivity index is 1.34. The highest BCUT2D eigenvalue weighted by Gasteiger charge is 2.44. The molecule has 204 valence electrons. The van der Waals surface area contributed by atoms with Gasteiger partial charge in [-0.1, -0.05) is 0 Å². The molecule has 2 saturated heterocycles. The lowest BCUT2D eigenvalue weighted by Crippen LogP contribution is -2.48. The van der Waals surface area contributed by atoms with Crippen molar-refractivity contribution in [3.8, 4) is 17.6 Å². The van der Waals surface area contributed by atoms with Crippen LogP contribution >= 0.6 is 0 Å². The van der Waals surface area contributed by atoms with Crippen LogP contribution in [-0.4, -0.2) is 51.4 Å². The van der Waals surface area contributed by atoms with E-state index < -0.39 is 34.1 Å². The van der Waals surface area contributed by atoms with Gasteiger partial charge in [0, 0.05) is 13.1 Å². The Morgan fingerprint density at radius 2 is 1.90 bits per heavy atom. The van der Waals surface area contributed by atoms with Gasteiger partial charge >= 0.3 is 6.09 Å². The number of carbonyl (C=O) groups excluding carboxylic acids is 1. The van der Waals surface area contributed by atoms with E-state index in [0.29, 0.717) is 44.5 Å². The summed E-state index contributed by atoms with van der Waals surface area (Å²) in [4.78, 5) is 32.0. The lowest BCUT2D eigenvalue weighted by atomic mass is 9.87. The van der Waals surface area contributed by atoms with E-state index in [-0.39, 0.29) is 28.8 Å². The van der Waals surface area contributed by atoms with Crippen LogP contribution in [0.3, 0.4) is 0 Å². The molecule has 39 heavy (non-hydrogen) atoms. The van der Waals surface area contributed by atoms with Crippen LogP contribution in [0.2, 0.25) is 0 Å². The van der Waals surface area contributed by atoms with E-state index in [1.807, 2.05) is 20.8 Å². The molecule has 1 aromatic heterocycles. The number of fused-ring (bicyclic) bond motifs is 1. The van der Waals surface area contributed by atoms with Crippen molar-refractivity contribution in [2.24, 2.45) is 0 Å². The van der Waals surface area contributed by atoms with Gasteiger partial charge in [-0.2, -0.15) is 5.26 Å². The molecule has 0 N–H and O–H groups in total. The molecule has 2 aliphatic rings. The molecular formula is C28H28F2N4O5. The fourth-order valence-electron chi connectivity index (χ4n) is 5.06. The summed E-state index contributed by atoms with van der Waals surface area (Å²) in [5.74, 6) is -2.30. The maximum Gasteiger partial charge on any atom is 0.410 e. The molecule has 2 fully saturated rings. The number of halogens is 2. The summed E-state index contributed by atoms with van der Waals surface area (Å²) in [7, 11) is 0. The molecule has 11 heteroatoms. The number of benzene rings is 2. The number of hydrogen-bond donors (Lipinski definition) is 0. The highest BCUT2D eigenvalue weighted by Crippen LogP contribution is 2.40. The van der Waals surface area contributed by atoms with Crippen LogP contribution < -0.4 is 10.3 Å². The van der Waals surface area contributed by atoms with E-state index in [2.05, 4.69) is 4.98 Å². The summed E-state index contributed by atoms with van der Waals surface area (Å²) in [5.41, 5.74) is -1.51. The number of nitrogens with zero attached hydrogens (tertiary/aromatic N) is 4. The monoisotopic (exact) mass is 538 g/mol. The van der Waals surface area contributed by atoms with Crippen molar-refractivity contribution in [2.45, 2.75) is 57.3 Å². The number of hydrogen-bond acceptors (Lipinski definition) is 7. The fourth-order valence-corrected chi connectivity index (χ4v) is 5.06. The van der Waals surface area contributed by atoms with Gasteiger partial charge in [-0.15, -0.1) is 0 Å². The molecule has 9 nitrogen and oxygen atoms in total. The van der Waals surface area contributed by atoms with Crippen LogP contribution in [0.5, 0.6) is 11.5 Å². The maximum atomic E-state index is 14.3. The SMILES string of the molecule is CC(C)(C)OC(=O)N1CCC2(CC1)C[C@H](n1cnc3ccc(Oc4c(F)ccc(F)c4C#N)cc3c1=O)CO2. The molecule has 1 amide bonds. The third-order valence-corrected chi connectivity index (χ3v) is 7.05. The van der Waals surface area contributed by atoms with Crippen LogP contribution in [0.4, 0.5) is 13.6 Å². The van der Waals surface area contributed by atoms with Gasteiger partial charge in [0.1, 0.15) is 28.8 Å². The Hall–Kier alpha value is -4.04. The lowest BCUT2D eigenvalue weighted by molar-refractivity contribution is -0.0486. The molecule has 0 aliphatic carbocycles. The molecular weight excluding hydrogens is 510 g/mol. The van der Waals surface area contributed by atoms with Gasteiger partial charge < -0.3 is 19.1 Å². The second kappa shape index (κ2) is 9.93. The second-order valence-electron chi connectivity index (χ2n) is 10.9. The summed E-state index contributed by atoms with van der Waals surface area (Å²) >= 11 is 0. The van der Waals surface area contributed by atoms with Crippen LogP contribution in [0.15, 0.2) is 41.5 Å².